The van der Waals surface area contributed by atoms with Crippen molar-refractivity contribution in [3.05, 3.63) is 145 Å². The zero-order valence-corrected chi connectivity index (χ0v) is 23.9. The Bertz CT molecular complexity index is 2020. The lowest BCUT2D eigenvalue weighted by molar-refractivity contribution is 0.662. The van der Waals surface area contributed by atoms with Gasteiger partial charge in [-0.25, -0.2) is 15.0 Å². The number of para-hydroxylation sites is 1. The molecule has 43 heavy (non-hydrogen) atoms. The van der Waals surface area contributed by atoms with Crippen molar-refractivity contribution in [1.29, 1.82) is 0 Å². The summed E-state index contributed by atoms with van der Waals surface area (Å²) in [6.07, 6.45) is 22.8. The van der Waals surface area contributed by atoms with E-state index >= 15 is 0 Å². The smallest absolute Gasteiger partial charge is 0.164 e. The lowest BCUT2D eigenvalue weighted by Crippen LogP contribution is -2.12. The van der Waals surface area contributed by atoms with Crippen molar-refractivity contribution in [2.24, 2.45) is 17.8 Å². The van der Waals surface area contributed by atoms with Gasteiger partial charge in [0.15, 0.2) is 17.5 Å². The van der Waals surface area contributed by atoms with Gasteiger partial charge in [0, 0.05) is 45.7 Å². The maximum absolute atomic E-state index is 5.04. The molecule has 0 radical (unpaired) electrons. The minimum Gasteiger partial charge on any atom is -0.256 e. The Hall–Kier alpha value is -5.22. The van der Waals surface area contributed by atoms with E-state index in [2.05, 4.69) is 133 Å². The second-order valence-corrected chi connectivity index (χ2v) is 11.6. The van der Waals surface area contributed by atoms with E-state index in [-0.39, 0.29) is 0 Å². The Balaban J connectivity index is 1.22. The SMILES string of the molecule is CC1C=Cc2cc(-c3nc(C4=CC5C=CC=CC5C=C4)nc(-c4ccc(-c5cccc6cccnc56)cc4)n3)ccc2C1. The molecule has 2 aromatic heterocycles. The van der Waals surface area contributed by atoms with Crippen LogP contribution in [-0.2, 0) is 6.42 Å². The number of rotatable bonds is 4. The third kappa shape index (κ3) is 4.85. The molecule has 5 aromatic rings. The standard InChI is InChI=1S/C39H30N4/c1-25-11-12-32-24-34(20-18-31(32)22-25)39-42-37(41-38(43-39)33-19-13-26-6-2-3-7-30(26)23-33)29-16-14-27(15-17-29)35-10-4-8-28-9-5-21-40-36(28)35/h2-21,23-26,30H,22H2,1H3. The number of aromatic nitrogens is 4. The normalized spacial score (nSPS) is 20.1. The van der Waals surface area contributed by atoms with Crippen LogP contribution in [0.4, 0.5) is 0 Å². The van der Waals surface area contributed by atoms with E-state index in [0.29, 0.717) is 35.2 Å². The maximum Gasteiger partial charge on any atom is 0.164 e. The van der Waals surface area contributed by atoms with E-state index in [1.165, 1.54) is 11.1 Å². The summed E-state index contributed by atoms with van der Waals surface area (Å²) in [5.41, 5.74) is 8.81. The molecule has 0 saturated heterocycles. The molecule has 0 saturated carbocycles. The predicted molar refractivity (Wildman–Crippen MR) is 176 cm³/mol. The second-order valence-electron chi connectivity index (χ2n) is 11.6. The number of nitrogens with zero attached hydrogens (tertiary/aromatic N) is 4. The van der Waals surface area contributed by atoms with E-state index in [0.717, 1.165) is 45.2 Å². The third-order valence-corrected chi connectivity index (χ3v) is 8.62. The molecule has 206 valence electrons. The molecule has 3 aromatic carbocycles. The molecular formula is C39H30N4. The Morgan fingerprint density at radius 1 is 0.651 bits per heavy atom. The number of fused-ring (bicyclic) bond motifs is 3. The largest absolute Gasteiger partial charge is 0.256 e. The minimum absolute atomic E-state index is 0.304. The van der Waals surface area contributed by atoms with Crippen LogP contribution in [0.25, 0.3) is 56.5 Å². The van der Waals surface area contributed by atoms with Crippen LogP contribution < -0.4 is 0 Å². The molecule has 0 bridgehead atoms. The summed E-state index contributed by atoms with van der Waals surface area (Å²) >= 11 is 0. The molecule has 3 aliphatic rings. The first-order valence-corrected chi connectivity index (χ1v) is 15.0. The summed E-state index contributed by atoms with van der Waals surface area (Å²) in [6.45, 7) is 2.26. The van der Waals surface area contributed by atoms with Crippen molar-refractivity contribution in [3.8, 4) is 33.9 Å². The molecule has 3 aliphatic carbocycles. The number of hydrogen-bond donors (Lipinski definition) is 0. The van der Waals surface area contributed by atoms with Crippen LogP contribution in [-0.4, -0.2) is 19.9 Å². The molecule has 0 aliphatic heterocycles. The topological polar surface area (TPSA) is 51.6 Å². The van der Waals surface area contributed by atoms with Gasteiger partial charge < -0.3 is 0 Å². The fraction of sp³-hybridized carbons (Fsp3) is 0.128. The summed E-state index contributed by atoms with van der Waals surface area (Å²) in [4.78, 5) is 19.7. The molecule has 2 heterocycles. The molecule has 8 rings (SSSR count). The first kappa shape index (κ1) is 25.5. The van der Waals surface area contributed by atoms with Crippen molar-refractivity contribution in [3.63, 3.8) is 0 Å². The minimum atomic E-state index is 0.304. The zero-order chi connectivity index (χ0) is 28.8. The van der Waals surface area contributed by atoms with Gasteiger partial charge in [-0.1, -0.05) is 122 Å². The van der Waals surface area contributed by atoms with Gasteiger partial charge in [0.1, 0.15) is 0 Å². The van der Waals surface area contributed by atoms with Gasteiger partial charge in [0.25, 0.3) is 0 Å². The molecule has 4 heteroatoms. The average molecular weight is 555 g/mol. The predicted octanol–water partition coefficient (Wildman–Crippen LogP) is 8.94. The fourth-order valence-electron chi connectivity index (χ4n) is 6.28. The van der Waals surface area contributed by atoms with Crippen molar-refractivity contribution >= 4 is 22.6 Å². The maximum atomic E-state index is 5.04. The van der Waals surface area contributed by atoms with Gasteiger partial charge in [0.2, 0.25) is 0 Å². The first-order valence-electron chi connectivity index (χ1n) is 15.0. The third-order valence-electron chi connectivity index (χ3n) is 8.62. The summed E-state index contributed by atoms with van der Waals surface area (Å²) in [6, 6.07) is 25.5. The van der Waals surface area contributed by atoms with Gasteiger partial charge in [-0.2, -0.15) is 0 Å². The molecule has 0 spiro atoms. The average Bonchev–Trinajstić information content (AvgIpc) is 3.07. The van der Waals surface area contributed by atoms with E-state index in [1.54, 1.807) is 0 Å². The highest BCUT2D eigenvalue weighted by Gasteiger charge is 2.21. The molecule has 0 fully saturated rings. The Labute approximate surface area is 251 Å². The monoisotopic (exact) mass is 554 g/mol. The van der Waals surface area contributed by atoms with Gasteiger partial charge >= 0.3 is 0 Å². The Morgan fingerprint density at radius 3 is 2.28 bits per heavy atom. The van der Waals surface area contributed by atoms with Crippen LogP contribution in [0, 0.1) is 17.8 Å². The van der Waals surface area contributed by atoms with Gasteiger partial charge in [-0.05, 0) is 41.2 Å². The Kier molecular flexibility index (Phi) is 6.26. The molecule has 4 nitrogen and oxygen atoms in total. The van der Waals surface area contributed by atoms with Crippen molar-refractivity contribution in [2.45, 2.75) is 13.3 Å². The first-order chi connectivity index (χ1) is 21.2. The molecule has 0 N–H and O–H groups in total. The van der Waals surface area contributed by atoms with Gasteiger partial charge in [-0.15, -0.1) is 0 Å². The number of hydrogen-bond acceptors (Lipinski definition) is 4. The highest BCUT2D eigenvalue weighted by atomic mass is 15.0. The summed E-state index contributed by atoms with van der Waals surface area (Å²) in [5, 5.41) is 1.13. The highest BCUT2D eigenvalue weighted by Crippen LogP contribution is 2.34. The molecular weight excluding hydrogens is 524 g/mol. The molecule has 3 unspecified atom stereocenters. The number of allylic oxidation sites excluding steroid dienone is 9. The Morgan fingerprint density at radius 2 is 1.40 bits per heavy atom. The summed E-state index contributed by atoms with van der Waals surface area (Å²) in [5.74, 6) is 3.28. The lowest BCUT2D eigenvalue weighted by atomic mass is 9.83. The summed E-state index contributed by atoms with van der Waals surface area (Å²) in [7, 11) is 0. The van der Waals surface area contributed by atoms with E-state index < -0.39 is 0 Å². The van der Waals surface area contributed by atoms with Crippen LogP contribution in [0.5, 0.6) is 0 Å². The highest BCUT2D eigenvalue weighted by molar-refractivity contribution is 5.93. The van der Waals surface area contributed by atoms with E-state index in [4.69, 9.17) is 15.0 Å². The zero-order valence-electron chi connectivity index (χ0n) is 23.9. The van der Waals surface area contributed by atoms with Crippen LogP contribution >= 0.6 is 0 Å². The van der Waals surface area contributed by atoms with Crippen LogP contribution in [0.2, 0.25) is 0 Å². The van der Waals surface area contributed by atoms with E-state index in [1.807, 2.05) is 12.3 Å². The van der Waals surface area contributed by atoms with Crippen molar-refractivity contribution in [2.75, 3.05) is 0 Å². The number of pyridine rings is 1. The van der Waals surface area contributed by atoms with Crippen LogP contribution in [0.3, 0.4) is 0 Å². The van der Waals surface area contributed by atoms with Gasteiger partial charge in [-0.3, -0.25) is 4.98 Å². The van der Waals surface area contributed by atoms with E-state index in [9.17, 15) is 0 Å². The quantitative estimate of drug-likeness (QED) is 0.223. The van der Waals surface area contributed by atoms with Crippen LogP contribution in [0.1, 0.15) is 23.9 Å². The molecule has 3 atom stereocenters. The number of benzene rings is 3. The van der Waals surface area contributed by atoms with Crippen molar-refractivity contribution in [1.82, 2.24) is 19.9 Å². The lowest BCUT2D eigenvalue weighted by Gasteiger charge is -2.23. The molecule has 0 amide bonds. The van der Waals surface area contributed by atoms with Crippen molar-refractivity contribution < 1.29 is 0 Å². The summed E-state index contributed by atoms with van der Waals surface area (Å²) < 4.78 is 0. The fourth-order valence-corrected chi connectivity index (χ4v) is 6.28. The van der Waals surface area contributed by atoms with Crippen LogP contribution in [0.15, 0.2) is 128 Å². The second kappa shape index (κ2) is 10.6. The van der Waals surface area contributed by atoms with Gasteiger partial charge in [0.05, 0.1) is 5.52 Å².